The van der Waals surface area contributed by atoms with Crippen molar-refractivity contribution in [2.24, 2.45) is 5.41 Å². The van der Waals surface area contributed by atoms with E-state index in [-0.39, 0.29) is 11.6 Å². The maximum atomic E-state index is 13.8. The molecule has 0 bridgehead atoms. The van der Waals surface area contributed by atoms with Crippen LogP contribution >= 0.6 is 0 Å². The number of aromatic nitrogens is 5. The molecule has 0 amide bonds. The molecule has 1 unspecified atom stereocenters. The van der Waals surface area contributed by atoms with Gasteiger partial charge in [-0.15, -0.1) is 5.10 Å². The third-order valence-corrected chi connectivity index (χ3v) is 8.82. The summed E-state index contributed by atoms with van der Waals surface area (Å²) in [5.74, 6) is 0.741. The van der Waals surface area contributed by atoms with Gasteiger partial charge in [-0.05, 0) is 90.1 Å². The van der Waals surface area contributed by atoms with E-state index < -0.39 is 0 Å². The van der Waals surface area contributed by atoms with Gasteiger partial charge in [0.15, 0.2) is 5.82 Å². The van der Waals surface area contributed by atoms with Crippen molar-refractivity contribution in [2.45, 2.75) is 71.4 Å². The lowest BCUT2D eigenvalue weighted by atomic mass is 9.69. The van der Waals surface area contributed by atoms with Gasteiger partial charge in [0.2, 0.25) is 0 Å². The van der Waals surface area contributed by atoms with Gasteiger partial charge < -0.3 is 4.98 Å². The van der Waals surface area contributed by atoms with Crippen LogP contribution in [0.15, 0.2) is 53.3 Å². The number of benzene rings is 2. The largest absolute Gasteiger partial charge is 0.321 e. The molecule has 1 atom stereocenters. The Labute approximate surface area is 217 Å². The Hall–Kier alpha value is -3.32. The van der Waals surface area contributed by atoms with E-state index in [1.54, 1.807) is 0 Å². The molecule has 1 saturated carbocycles. The number of rotatable bonds is 5. The van der Waals surface area contributed by atoms with E-state index in [1.165, 1.54) is 44.1 Å². The van der Waals surface area contributed by atoms with Crippen LogP contribution in [-0.2, 0) is 6.54 Å². The molecular weight excluding hydrogens is 460 g/mol. The summed E-state index contributed by atoms with van der Waals surface area (Å²) >= 11 is 0. The van der Waals surface area contributed by atoms with Gasteiger partial charge >= 0.3 is 0 Å². The number of nitrogens with one attached hydrogen (secondary N) is 1. The highest BCUT2D eigenvalue weighted by Gasteiger charge is 2.41. The van der Waals surface area contributed by atoms with Crippen molar-refractivity contribution in [1.29, 1.82) is 0 Å². The average Bonchev–Trinajstić information content (AvgIpc) is 3.36. The fourth-order valence-corrected chi connectivity index (χ4v) is 6.70. The zero-order valence-corrected chi connectivity index (χ0v) is 21.9. The topological polar surface area (TPSA) is 79.7 Å². The standard InChI is InChI=1S/C30H36N6O/c1-21-12-13-24-18-25(29(37)31-26(24)22(21)2)27(35-17-9-16-30(20-35)14-7-4-8-15-30)28-32-33-34-36(28)19-23-10-5-3-6-11-23/h3,5-6,10-13,18,27H,4,7-9,14-17,19-20H2,1-2H3,(H,31,37). The monoisotopic (exact) mass is 496 g/mol. The third kappa shape index (κ3) is 4.61. The maximum Gasteiger partial charge on any atom is 0.253 e. The van der Waals surface area contributed by atoms with E-state index in [1.807, 2.05) is 22.9 Å². The third-order valence-electron chi connectivity index (χ3n) is 8.82. The molecule has 1 N–H and O–H groups in total. The van der Waals surface area contributed by atoms with Gasteiger partial charge in [-0.25, -0.2) is 4.68 Å². The van der Waals surface area contributed by atoms with Crippen LogP contribution in [0.4, 0.5) is 0 Å². The fourth-order valence-electron chi connectivity index (χ4n) is 6.70. The zero-order valence-electron chi connectivity index (χ0n) is 21.9. The molecule has 7 heteroatoms. The minimum absolute atomic E-state index is 0.0521. The molecule has 1 spiro atoms. The maximum absolute atomic E-state index is 13.8. The number of piperidine rings is 1. The first-order valence-corrected chi connectivity index (χ1v) is 13.7. The van der Waals surface area contributed by atoms with Crippen LogP contribution in [0.1, 0.15) is 79.1 Å². The van der Waals surface area contributed by atoms with Gasteiger partial charge in [0.25, 0.3) is 5.56 Å². The van der Waals surface area contributed by atoms with Crippen LogP contribution in [0.3, 0.4) is 0 Å². The number of aryl methyl sites for hydroxylation is 2. The predicted octanol–water partition coefficient (Wildman–Crippen LogP) is 5.32. The summed E-state index contributed by atoms with van der Waals surface area (Å²) in [6, 6.07) is 16.3. The number of H-pyrrole nitrogens is 1. The Kier molecular flexibility index (Phi) is 6.41. The van der Waals surface area contributed by atoms with E-state index in [2.05, 4.69) is 69.6 Å². The minimum Gasteiger partial charge on any atom is -0.321 e. The Morgan fingerprint density at radius 2 is 1.78 bits per heavy atom. The number of hydrogen-bond donors (Lipinski definition) is 1. The van der Waals surface area contributed by atoms with Crippen LogP contribution in [0.5, 0.6) is 0 Å². The Morgan fingerprint density at radius 3 is 2.59 bits per heavy atom. The lowest BCUT2D eigenvalue weighted by molar-refractivity contribution is 0.0340. The molecule has 2 fully saturated rings. The Morgan fingerprint density at radius 1 is 1.00 bits per heavy atom. The van der Waals surface area contributed by atoms with Gasteiger partial charge in [0.1, 0.15) is 6.04 Å². The number of fused-ring (bicyclic) bond motifs is 1. The molecular formula is C30H36N6O. The van der Waals surface area contributed by atoms with E-state index in [0.717, 1.165) is 52.9 Å². The highest BCUT2D eigenvalue weighted by atomic mass is 16.1. The van der Waals surface area contributed by atoms with Crippen molar-refractivity contribution in [2.75, 3.05) is 13.1 Å². The van der Waals surface area contributed by atoms with E-state index in [0.29, 0.717) is 12.0 Å². The number of hydrogen-bond acceptors (Lipinski definition) is 5. The summed E-state index contributed by atoms with van der Waals surface area (Å²) in [5.41, 5.74) is 5.36. The van der Waals surface area contributed by atoms with Crippen molar-refractivity contribution in [1.82, 2.24) is 30.1 Å². The molecule has 1 aliphatic heterocycles. The van der Waals surface area contributed by atoms with Gasteiger partial charge in [-0.2, -0.15) is 0 Å². The summed E-state index contributed by atoms with van der Waals surface area (Å²) in [6.07, 6.45) is 8.91. The van der Waals surface area contributed by atoms with Gasteiger partial charge in [-0.3, -0.25) is 9.69 Å². The van der Waals surface area contributed by atoms with Crippen molar-refractivity contribution in [3.8, 4) is 0 Å². The molecule has 1 aliphatic carbocycles. The van der Waals surface area contributed by atoms with Gasteiger partial charge in [0.05, 0.1) is 12.1 Å². The van der Waals surface area contributed by atoms with Gasteiger partial charge in [0, 0.05) is 12.1 Å². The summed E-state index contributed by atoms with van der Waals surface area (Å²) in [5, 5.41) is 14.1. The van der Waals surface area contributed by atoms with E-state index in [4.69, 9.17) is 0 Å². The van der Waals surface area contributed by atoms with Crippen LogP contribution in [0, 0.1) is 19.3 Å². The molecule has 192 valence electrons. The second kappa shape index (κ2) is 9.86. The fraction of sp³-hybridized carbons (Fsp3) is 0.467. The number of pyridine rings is 1. The second-order valence-electron chi connectivity index (χ2n) is 11.2. The summed E-state index contributed by atoms with van der Waals surface area (Å²) in [4.78, 5) is 19.5. The van der Waals surface area contributed by atoms with Crippen LogP contribution in [0.25, 0.3) is 10.9 Å². The lowest BCUT2D eigenvalue weighted by Gasteiger charge is -2.47. The van der Waals surface area contributed by atoms with Crippen molar-refractivity contribution < 1.29 is 0 Å². The summed E-state index contributed by atoms with van der Waals surface area (Å²) in [6.45, 7) is 6.65. The number of likely N-dealkylation sites (tertiary alicyclic amines) is 1. The van der Waals surface area contributed by atoms with Crippen LogP contribution < -0.4 is 5.56 Å². The zero-order chi connectivity index (χ0) is 25.4. The molecule has 1 saturated heterocycles. The summed E-state index contributed by atoms with van der Waals surface area (Å²) in [7, 11) is 0. The average molecular weight is 497 g/mol. The molecule has 6 rings (SSSR count). The molecule has 2 aromatic carbocycles. The minimum atomic E-state index is -0.299. The highest BCUT2D eigenvalue weighted by Crippen LogP contribution is 2.45. The van der Waals surface area contributed by atoms with E-state index >= 15 is 0 Å². The first-order chi connectivity index (χ1) is 18.0. The summed E-state index contributed by atoms with van der Waals surface area (Å²) < 4.78 is 1.88. The molecule has 37 heavy (non-hydrogen) atoms. The molecule has 4 aromatic rings. The van der Waals surface area contributed by atoms with Crippen LogP contribution in [0.2, 0.25) is 0 Å². The molecule has 3 heterocycles. The lowest BCUT2D eigenvalue weighted by Crippen LogP contribution is -2.47. The van der Waals surface area contributed by atoms with Gasteiger partial charge in [-0.1, -0.05) is 61.7 Å². The molecule has 0 radical (unpaired) electrons. The number of tetrazole rings is 1. The quantitative estimate of drug-likeness (QED) is 0.405. The van der Waals surface area contributed by atoms with E-state index in [9.17, 15) is 4.79 Å². The first kappa shape index (κ1) is 24.0. The first-order valence-electron chi connectivity index (χ1n) is 13.7. The smallest absolute Gasteiger partial charge is 0.253 e. The number of aromatic amines is 1. The highest BCUT2D eigenvalue weighted by molar-refractivity contribution is 5.83. The SMILES string of the molecule is Cc1ccc2cc(C(c3nnnn3Cc3ccccc3)N3CCCC4(CCCCC4)C3)c(=O)[nH]c2c1C. The van der Waals surface area contributed by atoms with Crippen LogP contribution in [-0.4, -0.2) is 43.2 Å². The van der Waals surface area contributed by atoms with Crippen molar-refractivity contribution in [3.05, 3.63) is 87.0 Å². The second-order valence-corrected chi connectivity index (χ2v) is 11.2. The molecule has 7 nitrogen and oxygen atoms in total. The molecule has 2 aliphatic rings. The predicted molar refractivity (Wildman–Crippen MR) is 146 cm³/mol. The Bertz CT molecular complexity index is 1440. The molecule has 2 aromatic heterocycles. The number of nitrogens with zero attached hydrogens (tertiary/aromatic N) is 5. The Balaban J connectivity index is 1.47. The normalized spacial score (nSPS) is 18.9. The van der Waals surface area contributed by atoms with Crippen molar-refractivity contribution >= 4 is 10.9 Å². The van der Waals surface area contributed by atoms with Crippen molar-refractivity contribution in [3.63, 3.8) is 0 Å².